The third-order valence-corrected chi connectivity index (χ3v) is 24.8. The Hall–Kier alpha value is 0.621. The van der Waals surface area contributed by atoms with E-state index < -0.39 is 31.4 Å². The van der Waals surface area contributed by atoms with Crippen LogP contribution in [0.1, 0.15) is 69.2 Å². The van der Waals surface area contributed by atoms with Gasteiger partial charge in [0.2, 0.25) is 0 Å². The van der Waals surface area contributed by atoms with E-state index in [1.54, 1.807) is 7.11 Å². The molecule has 1 fully saturated rings. The van der Waals surface area contributed by atoms with Crippen molar-refractivity contribution >= 4 is 47.5 Å². The second-order valence-electron chi connectivity index (χ2n) is 16.6. The molecule has 1 rings (SSSR count). The normalized spacial score (nSPS) is 23.8. The van der Waals surface area contributed by atoms with E-state index in [1.165, 1.54) is 0 Å². The first-order valence-corrected chi connectivity index (χ1v) is 25.7. The summed E-state index contributed by atoms with van der Waals surface area (Å²) in [5.74, 6) is 0.274. The number of hydrogen-bond acceptors (Lipinski definition) is 6. The molecule has 0 N–H and O–H groups in total. The lowest BCUT2D eigenvalue weighted by atomic mass is 9.97. The van der Waals surface area contributed by atoms with Crippen molar-refractivity contribution in [2.75, 3.05) is 18.1 Å². The molecule has 0 saturated carbocycles. The predicted octanol–water partition coefficient (Wildman–Crippen LogP) is 9.69. The van der Waals surface area contributed by atoms with Gasteiger partial charge in [-0.1, -0.05) is 111 Å². The van der Waals surface area contributed by atoms with Crippen LogP contribution in [-0.4, -0.2) is 74.0 Å². The third kappa shape index (κ3) is 10.9. The highest BCUT2D eigenvalue weighted by Crippen LogP contribution is 2.42. The van der Waals surface area contributed by atoms with Gasteiger partial charge in [-0.2, -0.15) is 0 Å². The fourth-order valence-corrected chi connectivity index (χ4v) is 7.85. The van der Waals surface area contributed by atoms with Crippen molar-refractivity contribution in [3.63, 3.8) is 0 Å². The van der Waals surface area contributed by atoms with Crippen LogP contribution in [0.4, 0.5) is 0 Å². The van der Waals surface area contributed by atoms with Gasteiger partial charge in [-0.05, 0) is 65.9 Å². The van der Waals surface area contributed by atoms with Gasteiger partial charge in [-0.25, -0.2) is 0 Å². The van der Waals surface area contributed by atoms with Crippen LogP contribution in [0.5, 0.6) is 0 Å². The van der Waals surface area contributed by atoms with Gasteiger partial charge in [0.15, 0.2) is 25.0 Å². The summed E-state index contributed by atoms with van der Waals surface area (Å²) in [5.41, 5.74) is 0.880. The highest BCUT2D eigenvalue weighted by atomic mass is 127. The highest BCUT2D eigenvalue weighted by molar-refractivity contribution is 14.1. The largest absolute Gasteiger partial charge is 0.414 e. The minimum Gasteiger partial charge on any atom is -0.414 e. The lowest BCUT2D eigenvalue weighted by Gasteiger charge is -2.42. The summed E-state index contributed by atoms with van der Waals surface area (Å²) >= 11 is 2.44. The minimum atomic E-state index is -2.10. The Bertz CT molecular complexity index is 901. The van der Waals surface area contributed by atoms with E-state index in [9.17, 15) is 0 Å². The van der Waals surface area contributed by atoms with Crippen molar-refractivity contribution in [2.24, 2.45) is 5.92 Å². The molecule has 6 atom stereocenters. The number of hydrogen-bond donors (Lipinski definition) is 0. The first kappa shape index (κ1) is 40.6. The van der Waals surface area contributed by atoms with Crippen LogP contribution in [-0.2, 0) is 27.5 Å². The maximum atomic E-state index is 7.01. The zero-order valence-electron chi connectivity index (χ0n) is 30.1. The van der Waals surface area contributed by atoms with Crippen LogP contribution in [0.15, 0.2) is 24.3 Å². The molecule has 0 bridgehead atoms. The molecule has 10 heteroatoms. The van der Waals surface area contributed by atoms with Crippen LogP contribution in [0.2, 0.25) is 54.4 Å². The van der Waals surface area contributed by atoms with Gasteiger partial charge in [0.05, 0.1) is 18.8 Å². The van der Waals surface area contributed by atoms with Crippen LogP contribution < -0.4 is 0 Å². The van der Waals surface area contributed by atoms with Gasteiger partial charge in [-0.15, -0.1) is 0 Å². The molecule has 0 aromatic rings. The van der Waals surface area contributed by atoms with E-state index in [2.05, 4.69) is 144 Å². The Morgan fingerprint density at radius 2 is 1.31 bits per heavy atom. The minimum absolute atomic E-state index is 0.0648. The fourth-order valence-electron chi connectivity index (χ4n) is 3.66. The molecule has 6 nitrogen and oxygen atoms in total. The Labute approximate surface area is 276 Å². The molecule has 1 heterocycles. The first-order chi connectivity index (χ1) is 18.7. The molecule has 0 amide bonds. The molecule has 248 valence electrons. The zero-order chi connectivity index (χ0) is 33.1. The lowest BCUT2D eigenvalue weighted by molar-refractivity contribution is -0.231. The lowest BCUT2D eigenvalue weighted by Crippen LogP contribution is -2.51. The molecule has 1 unspecified atom stereocenters. The SMILES string of the molecule is C=C(/C=C/[C@@H]1OC(OC)O[C@@H]1[C@H](O[Si](C)(C)C(C)(C)C)[C@@H](C)CI)[C@@H](CO[Si](C)(C)C(C)(C)C)O[Si](C)(C)C(C)(C)C. The summed E-state index contributed by atoms with van der Waals surface area (Å²) in [5, 5.41) is 0.251. The van der Waals surface area contributed by atoms with E-state index in [0.717, 1.165) is 10.0 Å². The summed E-state index contributed by atoms with van der Waals surface area (Å²) in [6.07, 6.45) is 3.07. The Kier molecular flexibility index (Phi) is 14.5. The average Bonchev–Trinajstić information content (AvgIpc) is 3.24. The van der Waals surface area contributed by atoms with Gasteiger partial charge in [0, 0.05) is 11.5 Å². The summed E-state index contributed by atoms with van der Waals surface area (Å²) in [7, 11) is -4.55. The van der Waals surface area contributed by atoms with Gasteiger partial charge in [0.25, 0.3) is 6.48 Å². The molecule has 1 aliphatic rings. The summed E-state index contributed by atoms with van der Waals surface area (Å²) in [6.45, 7) is 40.6. The molecule has 0 aliphatic carbocycles. The number of ether oxygens (including phenoxy) is 3. The van der Waals surface area contributed by atoms with Crippen molar-refractivity contribution in [3.05, 3.63) is 24.3 Å². The van der Waals surface area contributed by atoms with Gasteiger partial charge in [-0.3, -0.25) is 0 Å². The summed E-state index contributed by atoms with van der Waals surface area (Å²) < 4.78 is 39.7. The maximum absolute atomic E-state index is 7.01. The van der Waals surface area contributed by atoms with E-state index in [1.807, 2.05) is 6.08 Å². The molecule has 42 heavy (non-hydrogen) atoms. The number of halogens is 1. The van der Waals surface area contributed by atoms with Crippen molar-refractivity contribution in [3.8, 4) is 0 Å². The van der Waals surface area contributed by atoms with Crippen molar-refractivity contribution in [1.29, 1.82) is 0 Å². The molecule has 1 saturated heterocycles. The Morgan fingerprint density at radius 3 is 1.74 bits per heavy atom. The molecular formula is C32H65IO6Si3. The zero-order valence-corrected chi connectivity index (χ0v) is 35.2. The molecular weight excluding hydrogens is 692 g/mol. The maximum Gasteiger partial charge on any atom is 0.272 e. The molecule has 0 radical (unpaired) electrons. The van der Waals surface area contributed by atoms with Crippen LogP contribution in [0, 0.1) is 5.92 Å². The quantitative estimate of drug-likeness (QED) is 0.0762. The second kappa shape index (κ2) is 15.0. The number of methoxy groups -OCH3 is 1. The van der Waals surface area contributed by atoms with Crippen molar-refractivity contribution < 1.29 is 27.5 Å². The van der Waals surface area contributed by atoms with Gasteiger partial charge < -0.3 is 27.5 Å². The molecule has 0 spiro atoms. The Balaban J connectivity index is 3.38. The second-order valence-corrected chi connectivity index (χ2v) is 31.8. The summed E-state index contributed by atoms with van der Waals surface area (Å²) in [4.78, 5) is 0. The van der Waals surface area contributed by atoms with E-state index in [4.69, 9.17) is 27.5 Å². The smallest absolute Gasteiger partial charge is 0.272 e. The standard InChI is InChI=1S/C32H65IO6Si3/c1-23(26(38-41(15,16)31(6,7)8)22-35-40(13,14)30(3,4)5)19-20-25-28(37-29(34-12)36-25)27(24(2)21-33)39-42(17,18)32(9,10)11/h19-20,24-29H,1,21-22H2,2-18H3/b20-19+/t24-,25-,26+,27+,28-,29?/m0/s1. The van der Waals surface area contributed by atoms with E-state index >= 15 is 0 Å². The average molecular weight is 757 g/mol. The molecule has 0 aromatic heterocycles. The number of alkyl halides is 1. The van der Waals surface area contributed by atoms with Gasteiger partial charge in [0.1, 0.15) is 12.2 Å². The van der Waals surface area contributed by atoms with E-state index in [-0.39, 0.29) is 45.4 Å². The Morgan fingerprint density at radius 1 is 0.833 bits per heavy atom. The predicted molar refractivity (Wildman–Crippen MR) is 194 cm³/mol. The van der Waals surface area contributed by atoms with Crippen molar-refractivity contribution in [2.45, 2.75) is 155 Å². The van der Waals surface area contributed by atoms with Crippen LogP contribution >= 0.6 is 22.6 Å². The fraction of sp³-hybridized carbons (Fsp3) is 0.875. The van der Waals surface area contributed by atoms with Crippen LogP contribution in [0.3, 0.4) is 0 Å². The first-order valence-electron chi connectivity index (χ1n) is 15.5. The third-order valence-electron chi connectivity index (χ3n) is 9.98. The molecule has 0 aromatic carbocycles. The van der Waals surface area contributed by atoms with Gasteiger partial charge >= 0.3 is 0 Å². The highest BCUT2D eigenvalue weighted by Gasteiger charge is 2.48. The number of rotatable bonds is 14. The van der Waals surface area contributed by atoms with Crippen LogP contribution in [0.25, 0.3) is 0 Å². The summed E-state index contributed by atoms with van der Waals surface area (Å²) in [6, 6.07) is 0. The van der Waals surface area contributed by atoms with E-state index in [0.29, 0.717) is 6.61 Å². The van der Waals surface area contributed by atoms with Crippen molar-refractivity contribution in [1.82, 2.24) is 0 Å². The monoisotopic (exact) mass is 756 g/mol. The topological polar surface area (TPSA) is 55.4 Å². The molecule has 1 aliphatic heterocycles.